The quantitative estimate of drug-likeness (QED) is 0.164. The summed E-state index contributed by atoms with van der Waals surface area (Å²) in [5.74, 6) is 0.880. The summed E-state index contributed by atoms with van der Waals surface area (Å²) in [5.41, 5.74) is 2.90. The second-order valence-electron chi connectivity index (χ2n) is 21.4. The molecule has 0 radical (unpaired) electrons. The number of aliphatic hydroxyl groups excluding tert-OH is 3. The predicted octanol–water partition coefficient (Wildman–Crippen LogP) is 5.55. The fourth-order valence-electron chi connectivity index (χ4n) is 16.4. The monoisotopic (exact) mass is 779 g/mol. The molecule has 0 aromatic rings. The molecule has 7 aliphatic carbocycles. The van der Waals surface area contributed by atoms with Crippen molar-refractivity contribution in [3.8, 4) is 0 Å². The zero-order valence-corrected chi connectivity index (χ0v) is 34.5. The standard InChI is InChI=1S/C47H74N2O7/c1-4-7-27-10-15-32-26(2)42(56-38(32)16-11-27)43(53)44(3,54)39-18-19-47(55)34-21-35(50)33-20-36(51)37(52)24-45(33)22-28(30-14-17-40(48)49-25-30)12-13-29(41(34)45)23-46(39,47)31-8-5-6-9-31/h12-13,21,26-33,36-43,49,51-55H,4-11,14-20,22-25,48H2,1-3H3. The third-order valence-electron chi connectivity index (χ3n) is 19.0. The highest BCUT2D eigenvalue weighted by atomic mass is 16.5. The van der Waals surface area contributed by atoms with E-state index in [-0.39, 0.29) is 54.1 Å². The summed E-state index contributed by atoms with van der Waals surface area (Å²) in [6.07, 6.45) is 19.1. The first-order valence-electron chi connectivity index (χ1n) is 23.3. The number of rotatable bonds is 7. The number of piperidine rings is 1. The van der Waals surface area contributed by atoms with Gasteiger partial charge in [-0.25, -0.2) is 0 Å². The highest BCUT2D eigenvalue weighted by molar-refractivity contribution is 5.95. The maximum absolute atomic E-state index is 14.7. The van der Waals surface area contributed by atoms with Gasteiger partial charge >= 0.3 is 0 Å². The van der Waals surface area contributed by atoms with E-state index in [4.69, 9.17) is 10.5 Å². The Labute approximate surface area is 335 Å². The number of hydrogen-bond acceptors (Lipinski definition) is 9. The lowest BCUT2D eigenvalue weighted by Gasteiger charge is -2.65. The van der Waals surface area contributed by atoms with Gasteiger partial charge in [0.05, 0.1) is 41.8 Å². The first kappa shape index (κ1) is 40.2. The lowest BCUT2D eigenvalue weighted by Crippen LogP contribution is -2.68. The van der Waals surface area contributed by atoms with Crippen molar-refractivity contribution >= 4 is 5.78 Å². The van der Waals surface area contributed by atoms with Crippen LogP contribution < -0.4 is 11.1 Å². The van der Waals surface area contributed by atoms with E-state index >= 15 is 0 Å². The number of aliphatic hydroxyl groups is 5. The Hall–Kier alpha value is -1.17. The van der Waals surface area contributed by atoms with Crippen LogP contribution in [0.5, 0.6) is 0 Å². The van der Waals surface area contributed by atoms with Crippen LogP contribution in [0.2, 0.25) is 0 Å². The first-order chi connectivity index (χ1) is 26.7. The molecule has 5 saturated carbocycles. The van der Waals surface area contributed by atoms with Gasteiger partial charge in [0.15, 0.2) is 5.78 Å². The molecule has 7 fully saturated rings. The number of hydrogen-bond donors (Lipinski definition) is 7. The van der Waals surface area contributed by atoms with E-state index in [0.29, 0.717) is 37.5 Å². The number of carbonyl (C=O) groups is 1. The fourth-order valence-corrected chi connectivity index (χ4v) is 16.4. The predicted molar refractivity (Wildman–Crippen MR) is 215 cm³/mol. The van der Waals surface area contributed by atoms with Crippen LogP contribution in [-0.2, 0) is 9.53 Å². The third-order valence-corrected chi connectivity index (χ3v) is 19.0. The van der Waals surface area contributed by atoms with Crippen LogP contribution in [0.1, 0.15) is 136 Å². The van der Waals surface area contributed by atoms with Crippen molar-refractivity contribution in [3.63, 3.8) is 0 Å². The maximum Gasteiger partial charge on any atom is 0.159 e. The van der Waals surface area contributed by atoms with Crippen molar-refractivity contribution in [2.24, 2.45) is 75.7 Å². The van der Waals surface area contributed by atoms with Crippen LogP contribution in [0.15, 0.2) is 23.8 Å². The van der Waals surface area contributed by atoms with E-state index in [0.717, 1.165) is 82.2 Å². The molecule has 9 rings (SSSR count). The minimum Gasteiger partial charge on any atom is -0.390 e. The number of carbonyl (C=O) groups excluding carboxylic acids is 1. The molecule has 2 aliphatic heterocycles. The summed E-state index contributed by atoms with van der Waals surface area (Å²) in [6, 6.07) is 0. The van der Waals surface area contributed by atoms with Gasteiger partial charge in [0, 0.05) is 11.3 Å². The highest BCUT2D eigenvalue weighted by Crippen LogP contribution is 2.75. The first-order valence-corrected chi connectivity index (χ1v) is 23.3. The van der Waals surface area contributed by atoms with Crippen LogP contribution in [0.3, 0.4) is 0 Å². The van der Waals surface area contributed by atoms with Crippen LogP contribution in [0.25, 0.3) is 0 Å². The van der Waals surface area contributed by atoms with Gasteiger partial charge < -0.3 is 41.3 Å². The average Bonchev–Trinajstić information content (AvgIpc) is 3.83. The Morgan fingerprint density at radius 3 is 2.46 bits per heavy atom. The molecule has 314 valence electrons. The molecular weight excluding hydrogens is 705 g/mol. The van der Waals surface area contributed by atoms with Crippen molar-refractivity contribution in [2.45, 2.75) is 184 Å². The van der Waals surface area contributed by atoms with E-state index in [9.17, 15) is 30.3 Å². The normalized spacial score (nSPS) is 52.2. The van der Waals surface area contributed by atoms with Gasteiger partial charge in [-0.1, -0.05) is 58.1 Å². The van der Waals surface area contributed by atoms with Gasteiger partial charge in [-0.15, -0.1) is 0 Å². The van der Waals surface area contributed by atoms with Gasteiger partial charge in [0.2, 0.25) is 0 Å². The number of ether oxygens (including phenoxy) is 1. The summed E-state index contributed by atoms with van der Waals surface area (Å²) < 4.78 is 6.85. The van der Waals surface area contributed by atoms with E-state index in [1.807, 2.05) is 6.92 Å². The Kier molecular flexibility index (Phi) is 10.6. The largest absolute Gasteiger partial charge is 0.390 e. The topological polar surface area (TPSA) is 166 Å². The van der Waals surface area contributed by atoms with Crippen LogP contribution in [0.4, 0.5) is 0 Å². The van der Waals surface area contributed by atoms with Crippen LogP contribution >= 0.6 is 0 Å². The number of nitrogens with two attached hydrogens (primary N) is 1. The lowest BCUT2D eigenvalue weighted by molar-refractivity contribution is -0.221. The fraction of sp³-hybridized carbons (Fsp3) is 0.894. The number of allylic oxidation sites excluding steroid dienone is 3. The molecule has 19 unspecified atom stereocenters. The molecule has 9 aliphatic rings. The minimum atomic E-state index is -1.53. The third kappa shape index (κ3) is 6.00. The molecule has 0 amide bonds. The van der Waals surface area contributed by atoms with Crippen molar-refractivity contribution < 1.29 is 35.1 Å². The Morgan fingerprint density at radius 1 is 0.982 bits per heavy atom. The van der Waals surface area contributed by atoms with Crippen molar-refractivity contribution in [3.05, 3.63) is 23.8 Å². The van der Waals surface area contributed by atoms with E-state index in [1.54, 1.807) is 6.08 Å². The summed E-state index contributed by atoms with van der Waals surface area (Å²) in [7, 11) is 0. The second kappa shape index (κ2) is 14.8. The van der Waals surface area contributed by atoms with E-state index in [1.165, 1.54) is 19.3 Å². The van der Waals surface area contributed by atoms with Gasteiger partial charge in [0.25, 0.3) is 0 Å². The Bertz CT molecular complexity index is 1540. The van der Waals surface area contributed by atoms with E-state index in [2.05, 4.69) is 31.3 Å². The number of nitrogens with one attached hydrogen (secondary N) is 1. The van der Waals surface area contributed by atoms with Crippen molar-refractivity contribution in [1.29, 1.82) is 0 Å². The van der Waals surface area contributed by atoms with Crippen molar-refractivity contribution in [1.82, 2.24) is 5.32 Å². The van der Waals surface area contributed by atoms with Gasteiger partial charge in [-0.3, -0.25) is 4.79 Å². The Balaban J connectivity index is 1.11. The van der Waals surface area contributed by atoms with Crippen LogP contribution in [0, 0.1) is 70.0 Å². The molecule has 2 saturated heterocycles. The Morgan fingerprint density at radius 2 is 1.73 bits per heavy atom. The van der Waals surface area contributed by atoms with Crippen LogP contribution in [-0.4, -0.2) is 85.7 Å². The summed E-state index contributed by atoms with van der Waals surface area (Å²) in [5, 5.41) is 65.6. The SMILES string of the molecule is CCCC1CCC2OC(C(O)C(C)(O)C3CCC4(O)C5=CC(=O)C6CC(O)C(O)CC67CC(C6CCC(N)NC6)C=CC(CC34C3CCCC3)C57)C(C)C2CC1. The zero-order chi connectivity index (χ0) is 39.4. The van der Waals surface area contributed by atoms with Gasteiger partial charge in [-0.05, 0) is 167 Å². The maximum atomic E-state index is 14.7. The smallest absolute Gasteiger partial charge is 0.159 e. The molecule has 9 heteroatoms. The number of fused-ring (bicyclic) bond motifs is 3. The molecule has 0 aromatic heterocycles. The summed E-state index contributed by atoms with van der Waals surface area (Å²) >= 11 is 0. The van der Waals surface area contributed by atoms with E-state index < -0.39 is 58.3 Å². The molecule has 8 N–H and O–H groups in total. The molecule has 19 atom stereocenters. The molecule has 56 heavy (non-hydrogen) atoms. The molecule has 2 heterocycles. The second-order valence-corrected chi connectivity index (χ2v) is 21.4. The van der Waals surface area contributed by atoms with Gasteiger partial charge in [0.1, 0.15) is 6.10 Å². The van der Waals surface area contributed by atoms with Gasteiger partial charge in [-0.2, -0.15) is 0 Å². The minimum absolute atomic E-state index is 0.0122. The molecular formula is C47H74N2O7. The lowest BCUT2D eigenvalue weighted by atomic mass is 9.40. The van der Waals surface area contributed by atoms with Crippen molar-refractivity contribution in [2.75, 3.05) is 6.54 Å². The molecule has 0 bridgehead atoms. The molecule has 0 aromatic carbocycles. The number of ketones is 1. The zero-order valence-electron chi connectivity index (χ0n) is 34.5. The highest BCUT2D eigenvalue weighted by Gasteiger charge is 2.75. The summed E-state index contributed by atoms with van der Waals surface area (Å²) in [6.45, 7) is 7.14. The summed E-state index contributed by atoms with van der Waals surface area (Å²) in [4.78, 5) is 14.7. The average molecular weight is 779 g/mol. The molecule has 1 spiro atoms. The molecule has 9 nitrogen and oxygen atoms in total.